The van der Waals surface area contributed by atoms with Crippen LogP contribution in [0.15, 0.2) is 72.9 Å². The van der Waals surface area contributed by atoms with Gasteiger partial charge in [0.1, 0.15) is 5.82 Å². The number of aryl methyl sites for hydroxylation is 2. The number of aromatic nitrogens is 3. The molecule has 2 atom stereocenters. The lowest BCUT2D eigenvalue weighted by Gasteiger charge is -2.35. The number of likely N-dealkylation sites (tertiary alicyclic amines) is 1. The van der Waals surface area contributed by atoms with Crippen LogP contribution in [0.3, 0.4) is 0 Å². The van der Waals surface area contributed by atoms with E-state index in [1.165, 1.54) is 23.3 Å². The smallest absolute Gasteiger partial charge is 0.266 e. The van der Waals surface area contributed by atoms with E-state index in [1.54, 1.807) is 6.92 Å². The molecule has 2 aliphatic rings. The molecule has 2 N–H and O–H groups in total. The predicted molar refractivity (Wildman–Crippen MR) is 199 cm³/mol. The lowest BCUT2D eigenvalue weighted by atomic mass is 9.74. The van der Waals surface area contributed by atoms with E-state index in [2.05, 4.69) is 61.9 Å². The van der Waals surface area contributed by atoms with Gasteiger partial charge in [0.05, 0.1) is 28.4 Å². The number of hydrogen-bond acceptors (Lipinski definition) is 7. The quantitative estimate of drug-likeness (QED) is 0.147. The van der Waals surface area contributed by atoms with Crippen molar-refractivity contribution in [2.75, 3.05) is 18.4 Å². The molecule has 0 radical (unpaired) electrons. The number of halogens is 3. The molecule has 0 unspecified atom stereocenters. The topological polar surface area (TPSA) is 100 Å². The lowest BCUT2D eigenvalue weighted by Crippen LogP contribution is -2.49. The maximum Gasteiger partial charge on any atom is 0.266 e. The maximum atomic E-state index is 15.0. The van der Waals surface area contributed by atoms with Gasteiger partial charge in [-0.15, -0.1) is 5.10 Å². The van der Waals surface area contributed by atoms with E-state index in [-0.39, 0.29) is 17.4 Å². The van der Waals surface area contributed by atoms with Gasteiger partial charge in [0.2, 0.25) is 11.8 Å². The van der Waals surface area contributed by atoms with E-state index >= 15 is 0 Å². The second-order valence-electron chi connectivity index (χ2n) is 14.7. The fraction of sp³-hybridized carbons (Fsp3) is 0.357. The molecule has 7 rings (SSSR count). The Hall–Kier alpha value is -5.16. The van der Waals surface area contributed by atoms with Gasteiger partial charge < -0.3 is 5.32 Å². The van der Waals surface area contributed by atoms with Gasteiger partial charge in [-0.3, -0.25) is 24.8 Å². The molecule has 274 valence electrons. The number of carbonyl (C=O) groups is 2. The summed E-state index contributed by atoms with van der Waals surface area (Å²) in [5.74, 6) is -0.496. The van der Waals surface area contributed by atoms with Gasteiger partial charge in [-0.1, -0.05) is 48.5 Å². The summed E-state index contributed by atoms with van der Waals surface area (Å²) in [5, 5.41) is 16.0. The average Bonchev–Trinajstić information content (AvgIpc) is 3.15. The van der Waals surface area contributed by atoms with E-state index in [9.17, 15) is 22.8 Å². The summed E-state index contributed by atoms with van der Waals surface area (Å²) < 4.78 is 41.8. The SMILES string of the molecule is Cc1cc([C@@]2(C)CCC(=O)NC2=O)ccc1C1CCN(Cc2ccnc(-c3ccc4c(C)nnc(N[C@H](C)c5cccc(C(F)F)c5F)c4c3)c2)CC1. The molecular weight excluding hydrogens is 677 g/mol. The Morgan fingerprint density at radius 1 is 0.962 bits per heavy atom. The van der Waals surface area contributed by atoms with Crippen molar-refractivity contribution >= 4 is 28.4 Å². The summed E-state index contributed by atoms with van der Waals surface area (Å²) in [6, 6.07) is 19.9. The van der Waals surface area contributed by atoms with Crippen molar-refractivity contribution in [2.45, 2.75) is 83.7 Å². The molecule has 0 aliphatic carbocycles. The van der Waals surface area contributed by atoms with Crippen molar-refractivity contribution in [3.8, 4) is 11.3 Å². The van der Waals surface area contributed by atoms with Gasteiger partial charge in [0.15, 0.2) is 5.82 Å². The van der Waals surface area contributed by atoms with Gasteiger partial charge in [-0.25, -0.2) is 13.2 Å². The monoisotopic (exact) mass is 720 g/mol. The molecule has 0 saturated carbocycles. The number of carbonyl (C=O) groups excluding carboxylic acids is 2. The predicted octanol–water partition coefficient (Wildman–Crippen LogP) is 8.63. The minimum absolute atomic E-state index is 0.125. The zero-order valence-electron chi connectivity index (χ0n) is 30.3. The van der Waals surface area contributed by atoms with Crippen LogP contribution >= 0.6 is 0 Å². The van der Waals surface area contributed by atoms with Crippen LogP contribution in [0.4, 0.5) is 19.0 Å². The van der Waals surface area contributed by atoms with E-state index in [4.69, 9.17) is 0 Å². The van der Waals surface area contributed by atoms with E-state index < -0.39 is 29.3 Å². The van der Waals surface area contributed by atoms with Crippen LogP contribution < -0.4 is 10.6 Å². The first-order valence-electron chi connectivity index (χ1n) is 18.1. The van der Waals surface area contributed by atoms with Gasteiger partial charge in [0.25, 0.3) is 6.43 Å². The normalized spacial score (nSPS) is 19.1. The molecule has 11 heteroatoms. The number of hydrogen-bond donors (Lipinski definition) is 2. The Kier molecular flexibility index (Phi) is 10.0. The molecule has 2 fully saturated rings. The zero-order chi connectivity index (χ0) is 37.4. The summed E-state index contributed by atoms with van der Waals surface area (Å²) in [7, 11) is 0. The number of nitrogens with one attached hydrogen (secondary N) is 2. The third kappa shape index (κ3) is 7.27. The van der Waals surface area contributed by atoms with Crippen LogP contribution in [-0.4, -0.2) is 45.0 Å². The van der Waals surface area contributed by atoms with Crippen LogP contribution in [0.25, 0.3) is 22.0 Å². The molecular formula is C42H43F3N6O2. The highest BCUT2D eigenvalue weighted by Gasteiger charge is 2.40. The van der Waals surface area contributed by atoms with Crippen LogP contribution in [0.5, 0.6) is 0 Å². The molecule has 0 bridgehead atoms. The van der Waals surface area contributed by atoms with Gasteiger partial charge in [-0.2, -0.15) is 5.10 Å². The third-order valence-electron chi connectivity index (χ3n) is 11.1. The summed E-state index contributed by atoms with van der Waals surface area (Å²) in [4.78, 5) is 31.6. The molecule has 4 heterocycles. The molecule has 2 aliphatic heterocycles. The largest absolute Gasteiger partial charge is 0.361 e. The van der Waals surface area contributed by atoms with Crippen LogP contribution in [-0.2, 0) is 21.5 Å². The van der Waals surface area contributed by atoms with E-state index in [0.29, 0.717) is 24.6 Å². The standard InChI is InChI=1S/C42H43F3N6O2/c1-24-20-30(42(4)16-12-37(52)48-41(42)53)9-11-31(24)28-14-18-51(19-15-28)23-27-13-17-46-36(21-27)29-8-10-32-26(3)49-50-40(35(32)22-29)47-25(2)33-6-5-7-34(38(33)43)39(44)45/h5-11,13,17,20-22,25,28,39H,12,14-16,18-19,23H2,1-4H3,(H,47,50)(H,48,52,53)/t25-,42-/m1/s1. The van der Waals surface area contributed by atoms with Crippen LogP contribution in [0.1, 0.15) is 97.0 Å². The Morgan fingerprint density at radius 3 is 2.47 bits per heavy atom. The molecule has 2 saturated heterocycles. The highest BCUT2D eigenvalue weighted by molar-refractivity contribution is 6.03. The highest BCUT2D eigenvalue weighted by atomic mass is 19.3. The highest BCUT2D eigenvalue weighted by Crippen LogP contribution is 2.37. The first-order chi connectivity index (χ1) is 25.4. The van der Waals surface area contributed by atoms with E-state index in [0.717, 1.165) is 77.4 Å². The number of anilines is 1. The molecule has 8 nitrogen and oxygen atoms in total. The van der Waals surface area contributed by atoms with Crippen molar-refractivity contribution < 1.29 is 22.8 Å². The number of imide groups is 1. The van der Waals surface area contributed by atoms with Gasteiger partial charge in [-0.05, 0) is 106 Å². The summed E-state index contributed by atoms with van der Waals surface area (Å²) in [5.41, 5.74) is 5.84. The van der Waals surface area contributed by atoms with E-state index in [1.807, 2.05) is 44.3 Å². The average molecular weight is 721 g/mol. The van der Waals surface area contributed by atoms with Crippen molar-refractivity contribution in [1.29, 1.82) is 0 Å². The number of pyridine rings is 1. The van der Waals surface area contributed by atoms with Crippen LogP contribution in [0, 0.1) is 19.7 Å². The lowest BCUT2D eigenvalue weighted by molar-refractivity contribution is -0.137. The first-order valence-corrected chi connectivity index (χ1v) is 18.1. The van der Waals surface area contributed by atoms with Gasteiger partial charge >= 0.3 is 0 Å². The fourth-order valence-corrected chi connectivity index (χ4v) is 7.86. The Balaban J connectivity index is 1.04. The second-order valence-corrected chi connectivity index (χ2v) is 14.7. The van der Waals surface area contributed by atoms with Crippen molar-refractivity contribution in [3.63, 3.8) is 0 Å². The van der Waals surface area contributed by atoms with Crippen molar-refractivity contribution in [1.82, 2.24) is 25.4 Å². The molecule has 2 amide bonds. The molecule has 3 aromatic carbocycles. The van der Waals surface area contributed by atoms with Crippen molar-refractivity contribution in [3.05, 3.63) is 118 Å². The Morgan fingerprint density at radius 2 is 1.74 bits per heavy atom. The molecule has 53 heavy (non-hydrogen) atoms. The number of piperidine rings is 2. The minimum atomic E-state index is -2.91. The first kappa shape index (κ1) is 36.2. The summed E-state index contributed by atoms with van der Waals surface area (Å²) in [6.45, 7) is 10.3. The number of fused-ring (bicyclic) bond motifs is 1. The fourth-order valence-electron chi connectivity index (χ4n) is 7.86. The Labute approximate surface area is 307 Å². The molecule has 0 spiro atoms. The molecule has 5 aromatic rings. The maximum absolute atomic E-state index is 15.0. The number of amides is 2. The summed E-state index contributed by atoms with van der Waals surface area (Å²) in [6.07, 6.45) is 1.84. The molecule has 2 aromatic heterocycles. The van der Waals surface area contributed by atoms with Crippen molar-refractivity contribution in [2.24, 2.45) is 0 Å². The Bertz CT molecular complexity index is 2200. The zero-order valence-corrected chi connectivity index (χ0v) is 30.3. The second kappa shape index (κ2) is 14.7. The number of alkyl halides is 2. The minimum Gasteiger partial charge on any atom is -0.361 e. The third-order valence-corrected chi connectivity index (χ3v) is 11.1. The van der Waals surface area contributed by atoms with Crippen LogP contribution in [0.2, 0.25) is 0 Å². The summed E-state index contributed by atoms with van der Waals surface area (Å²) >= 11 is 0. The number of benzene rings is 3. The number of rotatable bonds is 9. The number of nitrogens with zero attached hydrogens (tertiary/aromatic N) is 4. The van der Waals surface area contributed by atoms with Gasteiger partial charge in [0, 0.05) is 41.1 Å².